The third kappa shape index (κ3) is 2.58. The Balaban J connectivity index is 3.25. The van der Waals surface area contributed by atoms with Crippen LogP contribution in [0.1, 0.15) is 69.1 Å². The first-order valence-corrected chi connectivity index (χ1v) is 6.41. The zero-order valence-electron chi connectivity index (χ0n) is 11.3. The minimum absolute atomic E-state index is 0.558. The summed E-state index contributed by atoms with van der Waals surface area (Å²) < 4.78 is 0. The van der Waals surface area contributed by atoms with Gasteiger partial charge in [0, 0.05) is 5.69 Å². The Morgan fingerprint density at radius 3 is 1.69 bits per heavy atom. The van der Waals surface area contributed by atoms with Crippen molar-refractivity contribution in [2.45, 2.75) is 59.3 Å². The summed E-state index contributed by atoms with van der Waals surface area (Å²) in [6, 6.07) is 4.49. The average molecular weight is 219 g/mol. The highest BCUT2D eigenvalue weighted by Crippen LogP contribution is 2.33. The second-order valence-corrected chi connectivity index (χ2v) is 4.98. The molecule has 0 aliphatic carbocycles. The minimum atomic E-state index is 0.558. The van der Waals surface area contributed by atoms with E-state index in [-0.39, 0.29) is 0 Å². The monoisotopic (exact) mass is 219 g/mol. The first kappa shape index (κ1) is 13.1. The molecule has 0 bridgehead atoms. The Morgan fingerprint density at radius 1 is 1.00 bits per heavy atom. The highest BCUT2D eigenvalue weighted by Gasteiger charge is 2.14. The van der Waals surface area contributed by atoms with Gasteiger partial charge in [0.25, 0.3) is 0 Å². The van der Waals surface area contributed by atoms with Gasteiger partial charge < -0.3 is 5.73 Å². The number of anilines is 1. The van der Waals surface area contributed by atoms with Crippen LogP contribution in [-0.2, 0) is 0 Å². The van der Waals surface area contributed by atoms with E-state index >= 15 is 0 Å². The molecule has 2 unspecified atom stereocenters. The third-order valence-corrected chi connectivity index (χ3v) is 3.67. The largest absolute Gasteiger partial charge is 0.398 e. The molecule has 1 nitrogen and oxygen atoms in total. The molecule has 0 spiro atoms. The van der Waals surface area contributed by atoms with Gasteiger partial charge in [0.05, 0.1) is 0 Å². The second kappa shape index (κ2) is 5.38. The molecule has 0 saturated carbocycles. The average Bonchev–Trinajstić information content (AvgIpc) is 2.29. The van der Waals surface area contributed by atoms with Gasteiger partial charge in [-0.3, -0.25) is 0 Å². The quantitative estimate of drug-likeness (QED) is 0.736. The van der Waals surface area contributed by atoms with E-state index in [1.807, 2.05) is 0 Å². The number of aryl methyl sites for hydroxylation is 1. The van der Waals surface area contributed by atoms with Gasteiger partial charge in [-0.05, 0) is 42.7 Å². The fourth-order valence-electron chi connectivity index (χ4n) is 2.11. The molecule has 0 radical (unpaired) electrons. The van der Waals surface area contributed by atoms with Crippen LogP contribution in [0.4, 0.5) is 5.69 Å². The molecule has 1 heteroatoms. The molecular formula is C15H25N. The van der Waals surface area contributed by atoms with Gasteiger partial charge in [-0.25, -0.2) is 0 Å². The third-order valence-electron chi connectivity index (χ3n) is 3.67. The lowest BCUT2D eigenvalue weighted by Gasteiger charge is -2.20. The van der Waals surface area contributed by atoms with Crippen LogP contribution in [-0.4, -0.2) is 0 Å². The second-order valence-electron chi connectivity index (χ2n) is 4.98. The number of hydrogen-bond donors (Lipinski definition) is 1. The summed E-state index contributed by atoms with van der Waals surface area (Å²) in [7, 11) is 0. The number of nitrogen functional groups attached to an aromatic ring is 1. The van der Waals surface area contributed by atoms with Crippen molar-refractivity contribution in [1.82, 2.24) is 0 Å². The standard InChI is InChI=1S/C15H25N/c1-6-11(4)13-8-10(3)9-14(15(13)16)12(5)7-2/h8-9,11-12H,6-7,16H2,1-5H3. The lowest BCUT2D eigenvalue weighted by molar-refractivity contribution is 0.714. The summed E-state index contributed by atoms with van der Waals surface area (Å²) in [6.45, 7) is 11.1. The van der Waals surface area contributed by atoms with Gasteiger partial charge >= 0.3 is 0 Å². The van der Waals surface area contributed by atoms with Crippen molar-refractivity contribution in [2.24, 2.45) is 0 Å². The van der Waals surface area contributed by atoms with Crippen molar-refractivity contribution in [3.05, 3.63) is 28.8 Å². The Kier molecular flexibility index (Phi) is 4.40. The van der Waals surface area contributed by atoms with Crippen LogP contribution in [0.3, 0.4) is 0 Å². The fraction of sp³-hybridized carbons (Fsp3) is 0.600. The van der Waals surface area contributed by atoms with E-state index < -0.39 is 0 Å². The molecule has 0 aromatic heterocycles. The SMILES string of the molecule is CCC(C)c1cc(C)cc(C(C)CC)c1N. The van der Waals surface area contributed by atoms with E-state index in [4.69, 9.17) is 5.73 Å². The van der Waals surface area contributed by atoms with E-state index in [9.17, 15) is 0 Å². The predicted octanol–water partition coefficient (Wildman–Crippen LogP) is 4.60. The first-order chi connectivity index (χ1) is 7.51. The molecule has 0 heterocycles. The first-order valence-electron chi connectivity index (χ1n) is 6.41. The Morgan fingerprint density at radius 2 is 1.38 bits per heavy atom. The fourth-order valence-corrected chi connectivity index (χ4v) is 2.11. The van der Waals surface area contributed by atoms with Gasteiger partial charge in [0.2, 0.25) is 0 Å². The smallest absolute Gasteiger partial charge is 0.0384 e. The summed E-state index contributed by atoms with van der Waals surface area (Å²) >= 11 is 0. The normalized spacial score (nSPS) is 14.8. The number of hydrogen-bond acceptors (Lipinski definition) is 1. The van der Waals surface area contributed by atoms with Crippen LogP contribution in [0.2, 0.25) is 0 Å². The summed E-state index contributed by atoms with van der Waals surface area (Å²) in [5.41, 5.74) is 11.3. The van der Waals surface area contributed by atoms with Crippen molar-refractivity contribution in [3.8, 4) is 0 Å². The maximum absolute atomic E-state index is 6.31. The van der Waals surface area contributed by atoms with Gasteiger partial charge in [0.15, 0.2) is 0 Å². The van der Waals surface area contributed by atoms with Gasteiger partial charge in [-0.15, -0.1) is 0 Å². The van der Waals surface area contributed by atoms with Crippen LogP contribution < -0.4 is 5.73 Å². The summed E-state index contributed by atoms with van der Waals surface area (Å²) in [4.78, 5) is 0. The molecule has 0 aliphatic heterocycles. The number of rotatable bonds is 4. The minimum Gasteiger partial charge on any atom is -0.398 e. The molecule has 0 aliphatic rings. The summed E-state index contributed by atoms with van der Waals surface area (Å²) in [5, 5.41) is 0. The summed E-state index contributed by atoms with van der Waals surface area (Å²) in [5.74, 6) is 1.12. The molecule has 1 rings (SSSR count). The van der Waals surface area contributed by atoms with Crippen LogP contribution in [0.15, 0.2) is 12.1 Å². The van der Waals surface area contributed by atoms with Crippen molar-refractivity contribution in [2.75, 3.05) is 5.73 Å². The van der Waals surface area contributed by atoms with E-state index in [1.54, 1.807) is 0 Å². The lowest BCUT2D eigenvalue weighted by Crippen LogP contribution is -2.06. The Bertz CT molecular complexity index is 323. The Hall–Kier alpha value is -0.980. The highest BCUT2D eigenvalue weighted by atomic mass is 14.6. The van der Waals surface area contributed by atoms with Gasteiger partial charge in [-0.1, -0.05) is 45.4 Å². The number of nitrogens with two attached hydrogens (primary N) is 1. The highest BCUT2D eigenvalue weighted by molar-refractivity contribution is 5.58. The molecule has 16 heavy (non-hydrogen) atoms. The molecule has 1 aromatic rings. The Labute approximate surface area is 100 Å². The van der Waals surface area contributed by atoms with Crippen molar-refractivity contribution in [3.63, 3.8) is 0 Å². The topological polar surface area (TPSA) is 26.0 Å². The maximum Gasteiger partial charge on any atom is 0.0384 e. The molecular weight excluding hydrogens is 194 g/mol. The molecule has 0 fully saturated rings. The van der Waals surface area contributed by atoms with E-state index in [2.05, 4.69) is 46.8 Å². The zero-order valence-corrected chi connectivity index (χ0v) is 11.3. The van der Waals surface area contributed by atoms with E-state index in [0.29, 0.717) is 11.8 Å². The molecule has 2 atom stereocenters. The summed E-state index contributed by atoms with van der Waals surface area (Å²) in [6.07, 6.45) is 2.29. The van der Waals surface area contributed by atoms with E-state index in [0.717, 1.165) is 18.5 Å². The van der Waals surface area contributed by atoms with Crippen molar-refractivity contribution >= 4 is 5.69 Å². The van der Waals surface area contributed by atoms with Crippen LogP contribution in [0, 0.1) is 6.92 Å². The molecule has 90 valence electrons. The zero-order chi connectivity index (χ0) is 12.3. The van der Waals surface area contributed by atoms with Crippen molar-refractivity contribution in [1.29, 1.82) is 0 Å². The lowest BCUT2D eigenvalue weighted by atomic mass is 9.88. The van der Waals surface area contributed by atoms with Gasteiger partial charge in [0.1, 0.15) is 0 Å². The van der Waals surface area contributed by atoms with Crippen LogP contribution >= 0.6 is 0 Å². The number of benzene rings is 1. The van der Waals surface area contributed by atoms with Gasteiger partial charge in [-0.2, -0.15) is 0 Å². The molecule has 1 aromatic carbocycles. The molecule has 2 N–H and O–H groups in total. The maximum atomic E-state index is 6.31. The molecule has 0 saturated heterocycles. The van der Waals surface area contributed by atoms with Crippen LogP contribution in [0.25, 0.3) is 0 Å². The van der Waals surface area contributed by atoms with E-state index in [1.165, 1.54) is 16.7 Å². The van der Waals surface area contributed by atoms with Crippen LogP contribution in [0.5, 0.6) is 0 Å². The predicted molar refractivity (Wildman–Crippen MR) is 73.0 cm³/mol. The van der Waals surface area contributed by atoms with Crippen molar-refractivity contribution < 1.29 is 0 Å². The molecule has 0 amide bonds.